The number of hydrogen-bond donors (Lipinski definition) is 2. The molecule has 1 heterocycles. The number of carbonyl (C=O) groups is 1. The first-order valence-corrected chi connectivity index (χ1v) is 12.7. The highest BCUT2D eigenvalue weighted by Crippen LogP contribution is 2.38. The minimum atomic E-state index is -4.46. The molecule has 4 aromatic rings. The summed E-state index contributed by atoms with van der Waals surface area (Å²) in [6.45, 7) is 2.42. The highest BCUT2D eigenvalue weighted by molar-refractivity contribution is 7.92. The van der Waals surface area contributed by atoms with Gasteiger partial charge in [0, 0.05) is 26.2 Å². The molecule has 3 aromatic carbocycles. The maximum atomic E-state index is 15.9. The maximum absolute atomic E-state index is 15.9. The molecule has 0 amide bonds. The lowest BCUT2D eigenvalue weighted by molar-refractivity contribution is 0.0696. The van der Waals surface area contributed by atoms with E-state index in [2.05, 4.69) is 4.72 Å². The Morgan fingerprint density at radius 2 is 1.76 bits per heavy atom. The number of halogens is 1. The lowest BCUT2D eigenvalue weighted by Gasteiger charge is -2.16. The first-order chi connectivity index (χ1) is 17.5. The Bertz CT molecular complexity index is 1680. The van der Waals surface area contributed by atoms with Crippen molar-refractivity contribution in [2.75, 3.05) is 11.3 Å². The van der Waals surface area contributed by atoms with Gasteiger partial charge < -0.3 is 14.6 Å². The van der Waals surface area contributed by atoms with Crippen molar-refractivity contribution in [3.05, 3.63) is 76.5 Å². The van der Waals surface area contributed by atoms with Crippen LogP contribution in [0.2, 0.25) is 0 Å². The fraction of sp³-hybridized carbons (Fsp3) is 0.200. The van der Waals surface area contributed by atoms with E-state index in [1.807, 2.05) is 6.92 Å². The van der Waals surface area contributed by atoms with Crippen LogP contribution in [-0.4, -0.2) is 35.2 Å². The molecule has 37 heavy (non-hydrogen) atoms. The van der Waals surface area contributed by atoms with Gasteiger partial charge in [-0.3, -0.25) is 13.9 Å². The molecule has 0 atom stereocenters. The first kappa shape index (κ1) is 25.8. The molecule has 0 spiro atoms. The Hall–Kier alpha value is -4.32. The summed E-state index contributed by atoms with van der Waals surface area (Å²) in [5, 5.41) is 9.23. The van der Waals surface area contributed by atoms with E-state index in [1.54, 1.807) is 24.3 Å². The number of carboxylic acids is 1. The molecule has 194 valence electrons. The first-order valence-electron chi connectivity index (χ1n) is 11.2. The van der Waals surface area contributed by atoms with E-state index in [-0.39, 0.29) is 28.1 Å². The van der Waals surface area contributed by atoms with Crippen LogP contribution in [0, 0.1) is 5.82 Å². The second-order valence-corrected chi connectivity index (χ2v) is 9.88. The number of sulfonamides is 1. The molecular formula is C25H24FN3O7S. The average molecular weight is 530 g/mol. The standard InChI is InChI=1S/C25H24FN3O7S/c1-4-11-35-16-8-6-9-17(13-16)36-20-14-19-23(29(3)25(32)28(19)2)21(26)22(20)27-37(33,34)18-10-5-7-15(12-18)24(30)31/h5-10,12-14,27H,4,11H2,1-3H3,(H,30,31). The minimum absolute atomic E-state index is 0.142. The lowest BCUT2D eigenvalue weighted by atomic mass is 10.2. The van der Waals surface area contributed by atoms with Crippen molar-refractivity contribution in [2.24, 2.45) is 14.1 Å². The number of imidazole rings is 1. The van der Waals surface area contributed by atoms with Gasteiger partial charge in [0.05, 0.1) is 22.6 Å². The topological polar surface area (TPSA) is 129 Å². The third-order valence-electron chi connectivity index (χ3n) is 5.59. The van der Waals surface area contributed by atoms with Crippen LogP contribution in [0.1, 0.15) is 23.7 Å². The van der Waals surface area contributed by atoms with Gasteiger partial charge >= 0.3 is 11.7 Å². The van der Waals surface area contributed by atoms with Gasteiger partial charge in [0.15, 0.2) is 11.6 Å². The SMILES string of the molecule is CCCOc1cccc(Oc2cc3c(c(F)c2NS(=O)(=O)c2cccc(C(=O)O)c2)n(C)c(=O)n3C)c1. The molecule has 0 aliphatic heterocycles. The molecule has 0 radical (unpaired) electrons. The van der Waals surface area contributed by atoms with Gasteiger partial charge in [0.1, 0.15) is 22.7 Å². The van der Waals surface area contributed by atoms with E-state index < -0.39 is 38.1 Å². The molecule has 0 bridgehead atoms. The van der Waals surface area contributed by atoms with Crippen LogP contribution < -0.4 is 19.9 Å². The number of anilines is 1. The van der Waals surface area contributed by atoms with Gasteiger partial charge in [-0.05, 0) is 36.8 Å². The second-order valence-electron chi connectivity index (χ2n) is 8.20. The normalized spacial score (nSPS) is 11.5. The number of nitrogens with one attached hydrogen (secondary N) is 1. The maximum Gasteiger partial charge on any atom is 0.335 e. The van der Waals surface area contributed by atoms with Crippen LogP contribution >= 0.6 is 0 Å². The zero-order valence-corrected chi connectivity index (χ0v) is 21.0. The number of aromatic carboxylic acids is 1. The summed E-state index contributed by atoms with van der Waals surface area (Å²) in [6, 6.07) is 12.5. The molecule has 0 aliphatic carbocycles. The molecule has 1 aromatic heterocycles. The molecule has 12 heteroatoms. The third-order valence-corrected chi connectivity index (χ3v) is 6.94. The van der Waals surface area contributed by atoms with Crippen molar-refractivity contribution in [2.45, 2.75) is 18.2 Å². The van der Waals surface area contributed by atoms with Crippen LogP contribution in [0.4, 0.5) is 10.1 Å². The number of fused-ring (bicyclic) bond motifs is 1. The number of rotatable bonds is 9. The summed E-state index contributed by atoms with van der Waals surface area (Å²) < 4.78 is 58.2. The van der Waals surface area contributed by atoms with E-state index >= 15 is 4.39 Å². The predicted octanol–water partition coefficient (Wildman–Crippen LogP) is 4.10. The molecule has 10 nitrogen and oxygen atoms in total. The zero-order chi connectivity index (χ0) is 26.9. The number of aromatic nitrogens is 2. The molecule has 0 fully saturated rings. The van der Waals surface area contributed by atoms with E-state index in [0.29, 0.717) is 12.4 Å². The molecular weight excluding hydrogens is 505 g/mol. The zero-order valence-electron chi connectivity index (χ0n) is 20.2. The van der Waals surface area contributed by atoms with E-state index in [9.17, 15) is 23.1 Å². The summed E-state index contributed by atoms with van der Waals surface area (Å²) in [6.07, 6.45) is 0.782. The highest BCUT2D eigenvalue weighted by Gasteiger charge is 2.26. The van der Waals surface area contributed by atoms with Crippen LogP contribution in [0.5, 0.6) is 17.2 Å². The quantitative estimate of drug-likeness (QED) is 0.334. The molecule has 0 saturated heterocycles. The number of hydrogen-bond acceptors (Lipinski definition) is 6. The Morgan fingerprint density at radius 3 is 2.46 bits per heavy atom. The second kappa shape index (κ2) is 9.97. The summed E-state index contributed by atoms with van der Waals surface area (Å²) in [7, 11) is -1.65. The Labute approximate surface area is 211 Å². The summed E-state index contributed by atoms with van der Waals surface area (Å²) in [5.74, 6) is -1.83. The van der Waals surface area contributed by atoms with Gasteiger partial charge in [-0.15, -0.1) is 0 Å². The number of carboxylic acid groups (broad SMARTS) is 1. The third kappa shape index (κ3) is 5.00. The van der Waals surface area contributed by atoms with E-state index in [1.165, 1.54) is 42.9 Å². The van der Waals surface area contributed by atoms with Crippen molar-refractivity contribution < 1.29 is 32.2 Å². The Balaban J connectivity index is 1.86. The van der Waals surface area contributed by atoms with Crippen molar-refractivity contribution >= 4 is 32.7 Å². The summed E-state index contributed by atoms with van der Waals surface area (Å²) in [5.41, 5.74) is -1.30. The largest absolute Gasteiger partial charge is 0.493 e. The van der Waals surface area contributed by atoms with Crippen LogP contribution in [0.25, 0.3) is 11.0 Å². The van der Waals surface area contributed by atoms with Gasteiger partial charge in [-0.2, -0.15) is 0 Å². The molecule has 4 rings (SSSR count). The molecule has 0 unspecified atom stereocenters. The summed E-state index contributed by atoms with van der Waals surface area (Å²) in [4.78, 5) is 23.4. The van der Waals surface area contributed by atoms with Crippen molar-refractivity contribution in [3.8, 4) is 17.2 Å². The smallest absolute Gasteiger partial charge is 0.335 e. The van der Waals surface area contributed by atoms with Gasteiger partial charge in [0.25, 0.3) is 10.0 Å². The predicted molar refractivity (Wildman–Crippen MR) is 135 cm³/mol. The fourth-order valence-electron chi connectivity index (χ4n) is 3.74. The van der Waals surface area contributed by atoms with E-state index in [4.69, 9.17) is 9.47 Å². The Morgan fingerprint density at radius 1 is 1.05 bits per heavy atom. The number of ether oxygens (including phenoxy) is 2. The average Bonchev–Trinajstić information content (AvgIpc) is 3.09. The van der Waals surface area contributed by atoms with Crippen molar-refractivity contribution in [1.82, 2.24) is 9.13 Å². The summed E-state index contributed by atoms with van der Waals surface area (Å²) >= 11 is 0. The number of nitrogens with zero attached hydrogens (tertiary/aromatic N) is 2. The number of benzene rings is 3. The van der Waals surface area contributed by atoms with Gasteiger partial charge in [-0.1, -0.05) is 19.1 Å². The molecule has 0 saturated carbocycles. The minimum Gasteiger partial charge on any atom is -0.493 e. The highest BCUT2D eigenvalue weighted by atomic mass is 32.2. The van der Waals surface area contributed by atoms with Gasteiger partial charge in [-0.25, -0.2) is 22.4 Å². The Kier molecular flexibility index (Phi) is 6.94. The lowest BCUT2D eigenvalue weighted by Crippen LogP contribution is -2.19. The van der Waals surface area contributed by atoms with E-state index in [0.717, 1.165) is 17.1 Å². The fourth-order valence-corrected chi connectivity index (χ4v) is 4.86. The van der Waals surface area contributed by atoms with Gasteiger partial charge in [0.2, 0.25) is 0 Å². The molecule has 2 N–H and O–H groups in total. The van der Waals surface area contributed by atoms with Crippen molar-refractivity contribution in [3.63, 3.8) is 0 Å². The number of aryl methyl sites for hydroxylation is 2. The monoisotopic (exact) mass is 529 g/mol. The van der Waals surface area contributed by atoms with Crippen LogP contribution in [-0.2, 0) is 24.1 Å². The van der Waals surface area contributed by atoms with Crippen LogP contribution in [0.15, 0.2) is 64.3 Å². The van der Waals surface area contributed by atoms with Crippen LogP contribution in [0.3, 0.4) is 0 Å². The van der Waals surface area contributed by atoms with Crippen molar-refractivity contribution in [1.29, 1.82) is 0 Å². The molecule has 0 aliphatic rings.